The normalized spacial score (nSPS) is 16.3. The van der Waals surface area contributed by atoms with E-state index in [9.17, 15) is 4.79 Å². The van der Waals surface area contributed by atoms with Gasteiger partial charge in [0, 0.05) is 12.6 Å². The summed E-state index contributed by atoms with van der Waals surface area (Å²) in [5.74, 6) is 0.0772. The van der Waals surface area contributed by atoms with Gasteiger partial charge in [0.05, 0.1) is 6.54 Å². The number of hydrogen-bond donors (Lipinski definition) is 1. The third kappa shape index (κ3) is 3.80. The van der Waals surface area contributed by atoms with Crippen LogP contribution in [-0.4, -0.2) is 23.4 Å². The van der Waals surface area contributed by atoms with E-state index in [1.165, 1.54) is 30.4 Å². The first-order chi connectivity index (χ1) is 9.20. The summed E-state index contributed by atoms with van der Waals surface area (Å²) >= 11 is 0. The molecule has 0 heterocycles. The van der Waals surface area contributed by atoms with E-state index >= 15 is 0 Å². The molecule has 0 radical (unpaired) electrons. The van der Waals surface area contributed by atoms with Gasteiger partial charge >= 0.3 is 0 Å². The van der Waals surface area contributed by atoms with Gasteiger partial charge in [-0.3, -0.25) is 4.79 Å². The lowest BCUT2D eigenvalue weighted by Crippen LogP contribution is -2.43. The molecule has 104 valence electrons. The van der Waals surface area contributed by atoms with E-state index in [0.29, 0.717) is 12.6 Å². The molecule has 0 aliphatic heterocycles. The summed E-state index contributed by atoms with van der Waals surface area (Å²) in [6.45, 7) is 2.89. The molecule has 0 bridgehead atoms. The third-order valence-corrected chi connectivity index (χ3v) is 3.95. The number of carbonyl (C=O) groups is 1. The van der Waals surface area contributed by atoms with Gasteiger partial charge in [0.15, 0.2) is 0 Å². The molecule has 19 heavy (non-hydrogen) atoms. The van der Waals surface area contributed by atoms with E-state index in [0.717, 1.165) is 12.8 Å². The van der Waals surface area contributed by atoms with E-state index in [1.807, 2.05) is 4.90 Å². The van der Waals surface area contributed by atoms with Crippen molar-refractivity contribution in [2.24, 2.45) is 5.73 Å². The highest BCUT2D eigenvalue weighted by Crippen LogP contribution is 2.24. The van der Waals surface area contributed by atoms with Crippen molar-refractivity contribution in [3.05, 3.63) is 35.4 Å². The fourth-order valence-electron chi connectivity index (χ4n) is 2.94. The van der Waals surface area contributed by atoms with Crippen LogP contribution in [0, 0.1) is 6.92 Å². The summed E-state index contributed by atoms with van der Waals surface area (Å²) in [5, 5.41) is 0. The van der Waals surface area contributed by atoms with Crippen molar-refractivity contribution in [2.75, 3.05) is 6.54 Å². The van der Waals surface area contributed by atoms with Crippen LogP contribution in [-0.2, 0) is 11.3 Å². The van der Waals surface area contributed by atoms with Gasteiger partial charge in [-0.25, -0.2) is 0 Å². The van der Waals surface area contributed by atoms with Crippen LogP contribution in [0.15, 0.2) is 24.3 Å². The molecule has 2 rings (SSSR count). The van der Waals surface area contributed by atoms with Crippen LogP contribution in [0.3, 0.4) is 0 Å². The number of rotatable bonds is 4. The highest BCUT2D eigenvalue weighted by Gasteiger charge is 2.24. The van der Waals surface area contributed by atoms with Gasteiger partial charge in [-0.05, 0) is 25.3 Å². The maximum Gasteiger partial charge on any atom is 0.236 e. The van der Waals surface area contributed by atoms with Crippen LogP contribution in [0.4, 0.5) is 0 Å². The topological polar surface area (TPSA) is 46.3 Å². The average molecular weight is 260 g/mol. The molecule has 0 spiro atoms. The van der Waals surface area contributed by atoms with E-state index in [4.69, 9.17) is 5.73 Å². The number of nitrogens with zero attached hydrogens (tertiary/aromatic N) is 1. The van der Waals surface area contributed by atoms with Crippen LogP contribution < -0.4 is 5.73 Å². The molecule has 1 amide bonds. The van der Waals surface area contributed by atoms with Crippen LogP contribution >= 0.6 is 0 Å². The van der Waals surface area contributed by atoms with Crippen LogP contribution in [0.5, 0.6) is 0 Å². The van der Waals surface area contributed by atoms with Crippen LogP contribution in [0.2, 0.25) is 0 Å². The summed E-state index contributed by atoms with van der Waals surface area (Å²) < 4.78 is 0. The quantitative estimate of drug-likeness (QED) is 0.904. The van der Waals surface area contributed by atoms with E-state index in [1.54, 1.807) is 0 Å². The number of carbonyl (C=O) groups excluding carboxylic acids is 1. The van der Waals surface area contributed by atoms with Crippen molar-refractivity contribution in [1.29, 1.82) is 0 Å². The second-order valence-electron chi connectivity index (χ2n) is 5.51. The Labute approximate surface area is 115 Å². The summed E-state index contributed by atoms with van der Waals surface area (Å²) in [4.78, 5) is 14.1. The average Bonchev–Trinajstić information content (AvgIpc) is 2.45. The van der Waals surface area contributed by atoms with Gasteiger partial charge in [-0.2, -0.15) is 0 Å². The molecular formula is C16H24N2O. The molecular weight excluding hydrogens is 236 g/mol. The lowest BCUT2D eigenvalue weighted by Gasteiger charge is -2.34. The number of hydrogen-bond acceptors (Lipinski definition) is 2. The first-order valence-corrected chi connectivity index (χ1v) is 7.26. The maximum absolute atomic E-state index is 12.1. The fourth-order valence-corrected chi connectivity index (χ4v) is 2.94. The predicted octanol–water partition coefficient (Wildman–Crippen LogP) is 2.62. The van der Waals surface area contributed by atoms with E-state index in [-0.39, 0.29) is 12.5 Å². The highest BCUT2D eigenvalue weighted by atomic mass is 16.2. The molecule has 0 aromatic heterocycles. The molecule has 2 N–H and O–H groups in total. The number of nitrogens with two attached hydrogens (primary N) is 1. The van der Waals surface area contributed by atoms with Gasteiger partial charge in [0.1, 0.15) is 0 Å². The smallest absolute Gasteiger partial charge is 0.236 e. The van der Waals surface area contributed by atoms with Gasteiger partial charge in [0.2, 0.25) is 5.91 Å². The number of aryl methyl sites for hydroxylation is 1. The Balaban J connectivity index is 2.11. The van der Waals surface area contributed by atoms with Gasteiger partial charge in [-0.1, -0.05) is 49.1 Å². The third-order valence-electron chi connectivity index (χ3n) is 3.95. The number of amides is 1. The SMILES string of the molecule is Cc1cccc(CN(C(=O)CN)C2CCCCC2)c1. The number of benzene rings is 1. The Morgan fingerprint density at radius 1 is 1.32 bits per heavy atom. The first-order valence-electron chi connectivity index (χ1n) is 7.26. The zero-order chi connectivity index (χ0) is 13.7. The van der Waals surface area contributed by atoms with Gasteiger partial charge in [0.25, 0.3) is 0 Å². The Bertz CT molecular complexity index is 425. The van der Waals surface area contributed by atoms with Crippen molar-refractivity contribution in [3.63, 3.8) is 0 Å². The fraction of sp³-hybridized carbons (Fsp3) is 0.562. The lowest BCUT2D eigenvalue weighted by atomic mass is 9.93. The van der Waals surface area contributed by atoms with Crippen molar-refractivity contribution in [1.82, 2.24) is 4.90 Å². The molecule has 0 saturated heterocycles. The van der Waals surface area contributed by atoms with Crippen LogP contribution in [0.1, 0.15) is 43.2 Å². The molecule has 1 aromatic carbocycles. The first kappa shape index (κ1) is 14.1. The monoisotopic (exact) mass is 260 g/mol. The zero-order valence-electron chi connectivity index (χ0n) is 11.8. The Kier molecular flexibility index (Phi) is 4.97. The Morgan fingerprint density at radius 3 is 2.68 bits per heavy atom. The van der Waals surface area contributed by atoms with Crippen molar-refractivity contribution in [2.45, 2.75) is 51.6 Å². The summed E-state index contributed by atoms with van der Waals surface area (Å²) in [6.07, 6.45) is 6.00. The van der Waals surface area contributed by atoms with Crippen molar-refractivity contribution >= 4 is 5.91 Å². The van der Waals surface area contributed by atoms with E-state index in [2.05, 4.69) is 31.2 Å². The minimum absolute atomic E-state index is 0.0772. The second kappa shape index (κ2) is 6.71. The summed E-state index contributed by atoms with van der Waals surface area (Å²) in [5.41, 5.74) is 8.01. The van der Waals surface area contributed by atoms with Crippen molar-refractivity contribution in [3.8, 4) is 0 Å². The molecule has 3 nitrogen and oxygen atoms in total. The molecule has 1 saturated carbocycles. The van der Waals surface area contributed by atoms with Crippen molar-refractivity contribution < 1.29 is 4.79 Å². The predicted molar refractivity (Wildman–Crippen MR) is 77.7 cm³/mol. The molecule has 3 heteroatoms. The minimum atomic E-state index is 0.0772. The zero-order valence-corrected chi connectivity index (χ0v) is 11.8. The Morgan fingerprint density at radius 2 is 2.05 bits per heavy atom. The largest absolute Gasteiger partial charge is 0.334 e. The molecule has 0 atom stereocenters. The molecule has 1 aliphatic rings. The minimum Gasteiger partial charge on any atom is -0.334 e. The lowest BCUT2D eigenvalue weighted by molar-refractivity contribution is -0.133. The molecule has 0 unspecified atom stereocenters. The second-order valence-corrected chi connectivity index (χ2v) is 5.51. The van der Waals surface area contributed by atoms with E-state index < -0.39 is 0 Å². The van der Waals surface area contributed by atoms with Gasteiger partial charge in [-0.15, -0.1) is 0 Å². The molecule has 1 fully saturated rings. The highest BCUT2D eigenvalue weighted by molar-refractivity contribution is 5.78. The Hall–Kier alpha value is -1.35. The van der Waals surface area contributed by atoms with Gasteiger partial charge < -0.3 is 10.6 Å². The standard InChI is InChI=1S/C16H24N2O/c1-13-6-5-7-14(10-13)12-18(16(19)11-17)15-8-3-2-4-9-15/h5-7,10,15H,2-4,8-9,11-12,17H2,1H3. The van der Waals surface area contributed by atoms with Crippen LogP contribution in [0.25, 0.3) is 0 Å². The summed E-state index contributed by atoms with van der Waals surface area (Å²) in [7, 11) is 0. The molecule has 1 aliphatic carbocycles. The maximum atomic E-state index is 12.1. The summed E-state index contributed by atoms with van der Waals surface area (Å²) in [6, 6.07) is 8.76. The molecule has 1 aromatic rings.